The summed E-state index contributed by atoms with van der Waals surface area (Å²) in [6.07, 6.45) is 6.41. The number of hydroxylamine groups is 2. The molecule has 0 amide bonds. The van der Waals surface area contributed by atoms with E-state index in [-0.39, 0.29) is 22.6 Å². The molecule has 34 heavy (non-hydrogen) atoms. The number of pyridine rings is 1. The first-order chi connectivity index (χ1) is 16.2. The summed E-state index contributed by atoms with van der Waals surface area (Å²) in [6.45, 7) is 0. The fourth-order valence-electron chi connectivity index (χ4n) is 3.42. The predicted molar refractivity (Wildman–Crippen MR) is 121 cm³/mol. The number of aromatic nitrogens is 2. The molecule has 10 nitrogen and oxygen atoms in total. The molecule has 0 bridgehead atoms. The van der Waals surface area contributed by atoms with E-state index >= 15 is 0 Å². The number of benzene rings is 1. The Morgan fingerprint density at radius 1 is 1.09 bits per heavy atom. The first kappa shape index (κ1) is 23.5. The van der Waals surface area contributed by atoms with Crippen molar-refractivity contribution in [2.45, 2.75) is 16.2 Å². The van der Waals surface area contributed by atoms with Crippen LogP contribution in [0.4, 0.5) is 0 Å². The Morgan fingerprint density at radius 3 is 2.56 bits per heavy atom. The van der Waals surface area contributed by atoms with Crippen molar-refractivity contribution in [2.75, 3.05) is 13.3 Å². The molecule has 0 N–H and O–H groups in total. The summed E-state index contributed by atoms with van der Waals surface area (Å²) in [5.41, 5.74) is 1.06. The molecule has 176 valence electrons. The molecule has 0 spiro atoms. The van der Waals surface area contributed by atoms with Crippen LogP contribution in [0.25, 0.3) is 11.3 Å². The summed E-state index contributed by atoms with van der Waals surface area (Å²) in [5, 5.41) is 0.643. The van der Waals surface area contributed by atoms with Crippen molar-refractivity contribution in [3.63, 3.8) is 0 Å². The van der Waals surface area contributed by atoms with Gasteiger partial charge in [-0.3, -0.25) is 9.19 Å². The summed E-state index contributed by atoms with van der Waals surface area (Å²) >= 11 is 0. The molecule has 0 saturated heterocycles. The van der Waals surface area contributed by atoms with Crippen LogP contribution in [0.5, 0.6) is 0 Å². The van der Waals surface area contributed by atoms with E-state index in [1.165, 1.54) is 44.0 Å². The highest BCUT2D eigenvalue weighted by atomic mass is 32.2. The summed E-state index contributed by atoms with van der Waals surface area (Å²) in [6, 6.07) is 11.2. The highest BCUT2D eigenvalue weighted by Crippen LogP contribution is 2.32. The van der Waals surface area contributed by atoms with Crippen LogP contribution in [0.3, 0.4) is 0 Å². The highest BCUT2D eigenvalue weighted by Gasteiger charge is 2.27. The minimum atomic E-state index is -4.10. The van der Waals surface area contributed by atoms with Gasteiger partial charge in [-0.15, -0.1) is 0 Å². The molecule has 3 aromatic rings. The summed E-state index contributed by atoms with van der Waals surface area (Å²) in [7, 11) is -4.25. The molecule has 4 rings (SSSR count). The summed E-state index contributed by atoms with van der Waals surface area (Å²) in [5.74, 6) is -1.62. The van der Waals surface area contributed by atoms with E-state index in [1.807, 2.05) is 0 Å². The van der Waals surface area contributed by atoms with Crippen LogP contribution in [-0.4, -0.2) is 52.1 Å². The van der Waals surface area contributed by atoms with Crippen LogP contribution in [-0.2, 0) is 46.5 Å². The molecule has 0 radical (unpaired) electrons. The van der Waals surface area contributed by atoms with Gasteiger partial charge < -0.3 is 9.68 Å². The summed E-state index contributed by atoms with van der Waals surface area (Å²) in [4.78, 5) is 38.1. The SMILES string of the molecule is CN1OC(=O)C=C(Cc2cc(-c3ccccc3S(C)=O)n(S(=O)(=O)c3cccnc3)c2)C(=O)O1. The molecule has 1 aliphatic rings. The topological polar surface area (TPSA) is 125 Å². The van der Waals surface area contributed by atoms with Crippen LogP contribution < -0.4 is 0 Å². The van der Waals surface area contributed by atoms with Crippen molar-refractivity contribution < 1.29 is 31.9 Å². The van der Waals surface area contributed by atoms with Gasteiger partial charge in [-0.05, 0) is 29.8 Å². The molecule has 12 heteroatoms. The van der Waals surface area contributed by atoms with Crippen LogP contribution >= 0.6 is 0 Å². The molecule has 3 heterocycles. The molecule has 1 atom stereocenters. The number of carbonyl (C=O) groups is 2. The third-order valence-corrected chi connectivity index (χ3v) is 7.52. The molecule has 1 aromatic carbocycles. The molecule has 0 aliphatic carbocycles. The lowest BCUT2D eigenvalue weighted by molar-refractivity contribution is -0.304. The smallest absolute Gasteiger partial charge is 0.329 e. The second-order valence-corrected chi connectivity index (χ2v) is 10.4. The highest BCUT2D eigenvalue weighted by molar-refractivity contribution is 7.90. The van der Waals surface area contributed by atoms with Gasteiger partial charge in [0.1, 0.15) is 4.90 Å². The standard InChI is InChI=1S/C22H19N3O7S2/c1-24-31-21(26)12-16(22(27)32-24)10-15-11-19(18-7-3-4-8-20(18)33(2)28)25(14-15)34(29,30)17-6-5-9-23-13-17/h3-9,11-14H,10H2,1-2H3. The van der Waals surface area contributed by atoms with E-state index in [0.29, 0.717) is 21.2 Å². The van der Waals surface area contributed by atoms with Gasteiger partial charge in [-0.25, -0.2) is 22.0 Å². The van der Waals surface area contributed by atoms with Crippen molar-refractivity contribution in [2.24, 2.45) is 0 Å². The maximum Gasteiger partial charge on any atom is 0.357 e. The zero-order chi connectivity index (χ0) is 24.5. The monoisotopic (exact) mass is 501 g/mol. The van der Waals surface area contributed by atoms with E-state index in [9.17, 15) is 22.2 Å². The Morgan fingerprint density at radius 2 is 1.85 bits per heavy atom. The Hall–Kier alpha value is -3.61. The maximum atomic E-state index is 13.5. The van der Waals surface area contributed by atoms with Crippen LogP contribution in [0.1, 0.15) is 5.56 Å². The Bertz CT molecular complexity index is 1430. The minimum absolute atomic E-state index is 0.0239. The maximum absolute atomic E-state index is 13.5. The third-order valence-electron chi connectivity index (χ3n) is 4.89. The third kappa shape index (κ3) is 4.69. The van der Waals surface area contributed by atoms with Gasteiger partial charge in [0.25, 0.3) is 10.0 Å². The fraction of sp³-hybridized carbons (Fsp3) is 0.136. The van der Waals surface area contributed by atoms with Crippen LogP contribution in [0, 0.1) is 0 Å². The van der Waals surface area contributed by atoms with Gasteiger partial charge in [0.15, 0.2) is 0 Å². The molecule has 1 unspecified atom stereocenters. The lowest BCUT2D eigenvalue weighted by Gasteiger charge is -2.12. The molecule has 1 aliphatic heterocycles. The molecular weight excluding hydrogens is 482 g/mol. The first-order valence-electron chi connectivity index (χ1n) is 9.85. The molecule has 0 fully saturated rings. The molecular formula is C22H19N3O7S2. The van der Waals surface area contributed by atoms with Crippen LogP contribution in [0.2, 0.25) is 0 Å². The van der Waals surface area contributed by atoms with Crippen molar-refractivity contribution in [1.29, 1.82) is 0 Å². The van der Waals surface area contributed by atoms with Gasteiger partial charge in [-0.2, -0.15) is 0 Å². The van der Waals surface area contributed by atoms with Gasteiger partial charge in [0, 0.05) is 53.0 Å². The predicted octanol–water partition coefficient (Wildman–Crippen LogP) is 1.86. The first-order valence-corrected chi connectivity index (χ1v) is 12.8. The Kier molecular flexibility index (Phi) is 6.46. The largest absolute Gasteiger partial charge is 0.357 e. The van der Waals surface area contributed by atoms with E-state index in [4.69, 9.17) is 9.68 Å². The van der Waals surface area contributed by atoms with Crippen molar-refractivity contribution >= 4 is 32.8 Å². The van der Waals surface area contributed by atoms with Gasteiger partial charge in [0.05, 0.1) is 29.1 Å². The number of nitrogens with zero attached hydrogens (tertiary/aromatic N) is 3. The molecule has 2 aromatic heterocycles. The van der Waals surface area contributed by atoms with Gasteiger partial charge in [-0.1, -0.05) is 18.2 Å². The van der Waals surface area contributed by atoms with E-state index in [0.717, 1.165) is 10.0 Å². The van der Waals surface area contributed by atoms with Gasteiger partial charge in [0.2, 0.25) is 0 Å². The lowest BCUT2D eigenvalue weighted by Crippen LogP contribution is -2.23. The van der Waals surface area contributed by atoms with E-state index in [2.05, 4.69) is 4.98 Å². The number of rotatable bonds is 6. The Balaban J connectivity index is 1.87. The second-order valence-electron chi connectivity index (χ2n) is 7.25. The fourth-order valence-corrected chi connectivity index (χ4v) is 5.53. The average molecular weight is 502 g/mol. The number of hydrogen-bond acceptors (Lipinski definition) is 9. The van der Waals surface area contributed by atoms with Gasteiger partial charge >= 0.3 is 11.9 Å². The zero-order valence-corrected chi connectivity index (χ0v) is 19.7. The quantitative estimate of drug-likeness (QED) is 0.498. The molecule has 0 saturated carbocycles. The minimum Gasteiger partial charge on any atom is -0.329 e. The van der Waals surface area contributed by atoms with Crippen molar-refractivity contribution in [1.82, 2.24) is 14.2 Å². The van der Waals surface area contributed by atoms with Crippen molar-refractivity contribution in [3.8, 4) is 11.3 Å². The summed E-state index contributed by atoms with van der Waals surface area (Å²) < 4.78 is 40.4. The van der Waals surface area contributed by atoms with Crippen molar-refractivity contribution in [3.05, 3.63) is 78.3 Å². The normalized spacial score (nSPS) is 15.8. The number of hydrogen-bond donors (Lipinski definition) is 0. The Labute approximate surface area is 197 Å². The number of carbonyl (C=O) groups excluding carboxylic acids is 2. The average Bonchev–Trinajstić information content (AvgIpc) is 3.18. The van der Waals surface area contributed by atoms with E-state index < -0.39 is 32.8 Å². The van der Waals surface area contributed by atoms with Crippen LogP contribution in [0.15, 0.2) is 82.5 Å². The lowest BCUT2D eigenvalue weighted by atomic mass is 10.1. The zero-order valence-electron chi connectivity index (χ0n) is 18.1. The van der Waals surface area contributed by atoms with E-state index in [1.54, 1.807) is 30.3 Å². The second kappa shape index (κ2) is 9.33.